The quantitative estimate of drug-likeness (QED) is 0.828. The van der Waals surface area contributed by atoms with Crippen LogP contribution < -0.4 is 5.73 Å². The van der Waals surface area contributed by atoms with E-state index in [1.54, 1.807) is 0 Å². The molecule has 0 heterocycles. The van der Waals surface area contributed by atoms with E-state index >= 15 is 0 Å². The first kappa shape index (κ1) is 11.2. The zero-order chi connectivity index (χ0) is 11.1. The van der Waals surface area contributed by atoms with Gasteiger partial charge in [0.05, 0.1) is 0 Å². The van der Waals surface area contributed by atoms with Crippen molar-refractivity contribution >= 4 is 15.9 Å². The fraction of sp³-hybridized carbons (Fsp3) is 0.538. The van der Waals surface area contributed by atoms with Crippen LogP contribution in [0.15, 0.2) is 22.7 Å². The van der Waals surface area contributed by atoms with Crippen molar-refractivity contribution in [2.45, 2.75) is 38.0 Å². The van der Waals surface area contributed by atoms with Crippen LogP contribution in [0, 0.1) is 0 Å². The Hall–Kier alpha value is -0.340. The SMILES string of the molecule is CC1(C)CCC(CN)c2cc(Br)ccc21. The van der Waals surface area contributed by atoms with Gasteiger partial charge in [-0.2, -0.15) is 0 Å². The van der Waals surface area contributed by atoms with Gasteiger partial charge in [0.2, 0.25) is 0 Å². The summed E-state index contributed by atoms with van der Waals surface area (Å²) in [7, 11) is 0. The van der Waals surface area contributed by atoms with Gasteiger partial charge in [-0.3, -0.25) is 0 Å². The lowest BCUT2D eigenvalue weighted by atomic mass is 9.69. The number of hydrogen-bond acceptors (Lipinski definition) is 1. The summed E-state index contributed by atoms with van der Waals surface area (Å²) in [6, 6.07) is 6.63. The van der Waals surface area contributed by atoms with Crippen LogP contribution in [-0.4, -0.2) is 6.54 Å². The van der Waals surface area contributed by atoms with Gasteiger partial charge in [-0.15, -0.1) is 0 Å². The lowest BCUT2D eigenvalue weighted by Gasteiger charge is -2.36. The Kier molecular flexibility index (Phi) is 2.91. The molecule has 2 heteroatoms. The summed E-state index contributed by atoms with van der Waals surface area (Å²) < 4.78 is 1.16. The van der Waals surface area contributed by atoms with Crippen LogP contribution in [-0.2, 0) is 5.41 Å². The molecule has 1 aliphatic rings. The molecule has 82 valence electrons. The molecule has 0 saturated heterocycles. The average molecular weight is 268 g/mol. The molecule has 0 aliphatic heterocycles. The first-order chi connectivity index (χ1) is 7.04. The predicted octanol–water partition coefficient (Wildman–Crippen LogP) is 3.56. The minimum absolute atomic E-state index is 0.307. The third-order valence-electron chi connectivity index (χ3n) is 3.58. The van der Waals surface area contributed by atoms with E-state index in [9.17, 15) is 0 Å². The van der Waals surface area contributed by atoms with Gasteiger partial charge in [0, 0.05) is 4.47 Å². The van der Waals surface area contributed by atoms with Gasteiger partial charge in [-0.05, 0) is 54.0 Å². The van der Waals surface area contributed by atoms with E-state index < -0.39 is 0 Å². The van der Waals surface area contributed by atoms with E-state index in [2.05, 4.69) is 48.0 Å². The molecule has 1 atom stereocenters. The Bertz CT molecular complexity index is 371. The molecular formula is C13H18BrN. The molecule has 0 radical (unpaired) electrons. The van der Waals surface area contributed by atoms with Crippen LogP contribution in [0.4, 0.5) is 0 Å². The molecule has 2 N–H and O–H groups in total. The van der Waals surface area contributed by atoms with E-state index in [-0.39, 0.29) is 0 Å². The monoisotopic (exact) mass is 267 g/mol. The van der Waals surface area contributed by atoms with Crippen molar-refractivity contribution < 1.29 is 0 Å². The maximum atomic E-state index is 5.84. The highest BCUT2D eigenvalue weighted by Gasteiger charge is 2.31. The predicted molar refractivity (Wildman–Crippen MR) is 68.2 cm³/mol. The first-order valence-corrected chi connectivity index (χ1v) is 6.34. The number of rotatable bonds is 1. The number of benzene rings is 1. The summed E-state index contributed by atoms with van der Waals surface area (Å²) in [5, 5.41) is 0. The summed E-state index contributed by atoms with van der Waals surface area (Å²) in [4.78, 5) is 0. The maximum Gasteiger partial charge on any atom is 0.0178 e. The lowest BCUT2D eigenvalue weighted by Crippen LogP contribution is -2.29. The molecule has 1 aromatic rings. The van der Waals surface area contributed by atoms with Crippen molar-refractivity contribution in [3.05, 3.63) is 33.8 Å². The molecule has 0 aromatic heterocycles. The van der Waals surface area contributed by atoms with Crippen LogP contribution in [0.2, 0.25) is 0 Å². The minimum Gasteiger partial charge on any atom is -0.330 e. The Labute approximate surface area is 100 Å². The van der Waals surface area contributed by atoms with E-state index in [1.807, 2.05) is 0 Å². The number of nitrogens with two attached hydrogens (primary N) is 1. The fourth-order valence-corrected chi connectivity index (χ4v) is 2.94. The van der Waals surface area contributed by atoms with Crippen LogP contribution in [0.25, 0.3) is 0 Å². The van der Waals surface area contributed by atoms with Gasteiger partial charge >= 0.3 is 0 Å². The second-order valence-electron chi connectivity index (χ2n) is 5.09. The second kappa shape index (κ2) is 3.91. The summed E-state index contributed by atoms with van der Waals surface area (Å²) in [6.07, 6.45) is 2.45. The van der Waals surface area contributed by atoms with Crippen molar-refractivity contribution in [1.82, 2.24) is 0 Å². The Morgan fingerprint density at radius 2 is 2.20 bits per heavy atom. The highest BCUT2D eigenvalue weighted by Crippen LogP contribution is 2.42. The van der Waals surface area contributed by atoms with Gasteiger partial charge in [-0.1, -0.05) is 35.8 Å². The molecule has 2 rings (SSSR count). The van der Waals surface area contributed by atoms with Crippen molar-refractivity contribution in [2.75, 3.05) is 6.54 Å². The molecule has 15 heavy (non-hydrogen) atoms. The zero-order valence-electron chi connectivity index (χ0n) is 9.39. The highest BCUT2D eigenvalue weighted by molar-refractivity contribution is 9.10. The molecule has 1 aromatic carbocycles. The topological polar surface area (TPSA) is 26.0 Å². The Morgan fingerprint density at radius 3 is 2.87 bits per heavy atom. The zero-order valence-corrected chi connectivity index (χ0v) is 11.0. The standard InChI is InChI=1S/C13H18BrN/c1-13(2)6-5-9(8-15)11-7-10(14)3-4-12(11)13/h3-4,7,9H,5-6,8,15H2,1-2H3. The van der Waals surface area contributed by atoms with Gasteiger partial charge in [-0.25, -0.2) is 0 Å². The van der Waals surface area contributed by atoms with Crippen molar-refractivity contribution in [2.24, 2.45) is 5.73 Å². The third kappa shape index (κ3) is 1.98. The highest BCUT2D eigenvalue weighted by atomic mass is 79.9. The van der Waals surface area contributed by atoms with E-state index in [0.29, 0.717) is 11.3 Å². The second-order valence-corrected chi connectivity index (χ2v) is 6.00. The summed E-state index contributed by atoms with van der Waals surface area (Å²) >= 11 is 3.54. The minimum atomic E-state index is 0.307. The molecule has 0 spiro atoms. The molecule has 1 unspecified atom stereocenters. The number of fused-ring (bicyclic) bond motifs is 1. The lowest BCUT2D eigenvalue weighted by molar-refractivity contribution is 0.394. The first-order valence-electron chi connectivity index (χ1n) is 5.54. The molecule has 1 nitrogen and oxygen atoms in total. The Morgan fingerprint density at radius 1 is 1.47 bits per heavy atom. The largest absolute Gasteiger partial charge is 0.330 e. The van der Waals surface area contributed by atoms with E-state index in [1.165, 1.54) is 24.0 Å². The van der Waals surface area contributed by atoms with Crippen molar-refractivity contribution in [1.29, 1.82) is 0 Å². The summed E-state index contributed by atoms with van der Waals surface area (Å²) in [5.41, 5.74) is 9.08. The molecule has 0 fully saturated rings. The molecule has 0 bridgehead atoms. The van der Waals surface area contributed by atoms with Crippen LogP contribution in [0.1, 0.15) is 43.7 Å². The van der Waals surface area contributed by atoms with Gasteiger partial charge in [0.15, 0.2) is 0 Å². The molecule has 0 saturated carbocycles. The Balaban J connectivity index is 2.53. The molecule has 1 aliphatic carbocycles. The fourth-order valence-electron chi connectivity index (χ4n) is 2.56. The summed E-state index contributed by atoms with van der Waals surface area (Å²) in [6.45, 7) is 5.42. The average Bonchev–Trinajstić information content (AvgIpc) is 2.17. The van der Waals surface area contributed by atoms with Gasteiger partial charge < -0.3 is 5.73 Å². The maximum absolute atomic E-state index is 5.84. The summed E-state index contributed by atoms with van der Waals surface area (Å²) in [5.74, 6) is 0.547. The van der Waals surface area contributed by atoms with E-state index in [4.69, 9.17) is 5.73 Å². The van der Waals surface area contributed by atoms with Crippen molar-refractivity contribution in [3.63, 3.8) is 0 Å². The molecular weight excluding hydrogens is 250 g/mol. The third-order valence-corrected chi connectivity index (χ3v) is 4.08. The van der Waals surface area contributed by atoms with Crippen LogP contribution >= 0.6 is 15.9 Å². The number of halogens is 1. The number of hydrogen-bond donors (Lipinski definition) is 1. The van der Waals surface area contributed by atoms with E-state index in [0.717, 1.165) is 11.0 Å². The smallest absolute Gasteiger partial charge is 0.0178 e. The van der Waals surface area contributed by atoms with Crippen LogP contribution in [0.5, 0.6) is 0 Å². The van der Waals surface area contributed by atoms with Crippen molar-refractivity contribution in [3.8, 4) is 0 Å². The normalized spacial score (nSPS) is 23.6. The van der Waals surface area contributed by atoms with Gasteiger partial charge in [0.1, 0.15) is 0 Å². The van der Waals surface area contributed by atoms with Crippen LogP contribution in [0.3, 0.4) is 0 Å². The van der Waals surface area contributed by atoms with Gasteiger partial charge in [0.25, 0.3) is 0 Å². The molecule has 0 amide bonds.